The summed E-state index contributed by atoms with van der Waals surface area (Å²) in [7, 11) is 0. The fourth-order valence-corrected chi connectivity index (χ4v) is 6.59. The minimum Gasteiger partial charge on any atom is -0.302 e. The van der Waals surface area contributed by atoms with Crippen molar-refractivity contribution in [3.05, 3.63) is 83.8 Å². The second-order valence-electron chi connectivity index (χ2n) is 9.47. The van der Waals surface area contributed by atoms with Crippen LogP contribution in [0.5, 0.6) is 0 Å². The molecule has 5 atom stereocenters. The number of fused-ring (bicyclic) bond motifs is 1. The molecule has 35 heavy (non-hydrogen) atoms. The summed E-state index contributed by atoms with van der Waals surface area (Å²) >= 11 is 1.36. The molecule has 5 unspecified atom stereocenters. The number of nitrogens with one attached hydrogen (secondary N) is 1. The molecule has 1 aromatic heterocycles. The first kappa shape index (κ1) is 21.9. The number of thiazole rings is 1. The van der Waals surface area contributed by atoms with Crippen LogP contribution in [0.2, 0.25) is 0 Å². The highest BCUT2D eigenvalue weighted by molar-refractivity contribution is 7.14. The molecule has 3 aliphatic carbocycles. The molecule has 2 bridgehead atoms. The average Bonchev–Trinajstić information content (AvgIpc) is 3.48. The van der Waals surface area contributed by atoms with E-state index in [0.717, 1.165) is 29.7 Å². The normalized spacial score (nSPS) is 25.5. The van der Waals surface area contributed by atoms with E-state index in [0.29, 0.717) is 5.13 Å². The third kappa shape index (κ3) is 3.90. The third-order valence-electron chi connectivity index (χ3n) is 7.49. The Morgan fingerprint density at radius 1 is 0.943 bits per heavy atom. The smallest absolute Gasteiger partial charge is 0.234 e. The maximum absolute atomic E-state index is 13.6. The maximum atomic E-state index is 13.6. The highest BCUT2D eigenvalue weighted by atomic mass is 32.1. The first-order valence-corrected chi connectivity index (χ1v) is 12.9. The Bertz CT molecular complexity index is 1270. The van der Waals surface area contributed by atoms with E-state index < -0.39 is 6.04 Å². The Hall–Kier alpha value is -3.58. The van der Waals surface area contributed by atoms with Crippen LogP contribution in [-0.2, 0) is 14.4 Å². The van der Waals surface area contributed by atoms with Crippen molar-refractivity contribution in [2.75, 3.05) is 5.32 Å². The Morgan fingerprint density at radius 3 is 2.14 bits per heavy atom. The number of aromatic nitrogens is 1. The van der Waals surface area contributed by atoms with Crippen LogP contribution in [-0.4, -0.2) is 27.6 Å². The number of carbonyl (C=O) groups is 3. The van der Waals surface area contributed by atoms with Gasteiger partial charge in [0.25, 0.3) is 0 Å². The Labute approximate surface area is 207 Å². The minimum atomic E-state index is -0.644. The van der Waals surface area contributed by atoms with E-state index >= 15 is 0 Å². The number of imide groups is 1. The van der Waals surface area contributed by atoms with E-state index in [1.54, 1.807) is 0 Å². The molecule has 2 fully saturated rings. The summed E-state index contributed by atoms with van der Waals surface area (Å²) in [6.45, 7) is 0. The number of amides is 3. The van der Waals surface area contributed by atoms with Crippen LogP contribution >= 0.6 is 11.3 Å². The summed E-state index contributed by atoms with van der Waals surface area (Å²) in [6, 6.07) is 18.5. The molecule has 4 aliphatic rings. The van der Waals surface area contributed by atoms with Gasteiger partial charge >= 0.3 is 0 Å². The zero-order valence-electron chi connectivity index (χ0n) is 19.0. The van der Waals surface area contributed by atoms with Gasteiger partial charge in [0.1, 0.15) is 0 Å². The molecule has 0 radical (unpaired) electrons. The van der Waals surface area contributed by atoms with Gasteiger partial charge in [0.2, 0.25) is 17.7 Å². The summed E-state index contributed by atoms with van der Waals surface area (Å²) in [6.07, 6.45) is 6.10. The highest BCUT2D eigenvalue weighted by Gasteiger charge is 2.58. The number of benzene rings is 2. The lowest BCUT2D eigenvalue weighted by Gasteiger charge is -2.38. The lowest BCUT2D eigenvalue weighted by Crippen LogP contribution is -2.38. The van der Waals surface area contributed by atoms with Gasteiger partial charge in [-0.25, -0.2) is 4.98 Å². The molecule has 7 rings (SSSR count). The molecular formula is C28H25N3O3S. The van der Waals surface area contributed by atoms with Gasteiger partial charge in [-0.1, -0.05) is 72.8 Å². The van der Waals surface area contributed by atoms with Crippen molar-refractivity contribution in [2.45, 2.75) is 25.3 Å². The summed E-state index contributed by atoms with van der Waals surface area (Å²) in [4.78, 5) is 46.3. The van der Waals surface area contributed by atoms with Crippen molar-refractivity contribution in [3.8, 4) is 11.3 Å². The van der Waals surface area contributed by atoms with Gasteiger partial charge in [-0.15, -0.1) is 11.3 Å². The van der Waals surface area contributed by atoms with Crippen molar-refractivity contribution in [2.24, 2.45) is 23.7 Å². The fourth-order valence-electron chi connectivity index (χ4n) is 5.86. The van der Waals surface area contributed by atoms with Crippen LogP contribution in [0.4, 0.5) is 5.13 Å². The molecule has 3 aromatic rings. The topological polar surface area (TPSA) is 79.4 Å². The SMILES string of the molecule is O=C(CC(c1ccccc1)N1C(=O)C2C3C=CC(CC3)C2C1=O)Nc1nc(-c2ccccc2)cs1. The van der Waals surface area contributed by atoms with E-state index in [-0.39, 0.29) is 47.8 Å². The first-order chi connectivity index (χ1) is 17.1. The number of likely N-dealkylation sites (tertiary alicyclic amines) is 1. The number of anilines is 1. The predicted molar refractivity (Wildman–Crippen MR) is 134 cm³/mol. The number of allylic oxidation sites excluding steroid dienone is 2. The molecule has 1 aliphatic heterocycles. The summed E-state index contributed by atoms with van der Waals surface area (Å²) in [5.74, 6) is -0.917. The predicted octanol–water partition coefficient (Wildman–Crippen LogP) is 5.08. The molecule has 1 N–H and O–H groups in total. The van der Waals surface area contributed by atoms with Crippen molar-refractivity contribution >= 4 is 34.2 Å². The van der Waals surface area contributed by atoms with Crippen LogP contribution in [0.1, 0.15) is 30.9 Å². The van der Waals surface area contributed by atoms with Crippen molar-refractivity contribution in [1.29, 1.82) is 0 Å². The van der Waals surface area contributed by atoms with E-state index in [2.05, 4.69) is 22.5 Å². The molecule has 1 saturated carbocycles. The van der Waals surface area contributed by atoms with Crippen molar-refractivity contribution in [3.63, 3.8) is 0 Å². The lowest BCUT2D eigenvalue weighted by atomic mass is 9.63. The summed E-state index contributed by atoms with van der Waals surface area (Å²) in [5, 5.41) is 5.28. The average molecular weight is 484 g/mol. The molecule has 1 saturated heterocycles. The second-order valence-corrected chi connectivity index (χ2v) is 10.3. The van der Waals surface area contributed by atoms with Crippen molar-refractivity contribution < 1.29 is 14.4 Å². The maximum Gasteiger partial charge on any atom is 0.234 e. The largest absolute Gasteiger partial charge is 0.302 e. The van der Waals surface area contributed by atoms with Crippen LogP contribution in [0, 0.1) is 23.7 Å². The van der Waals surface area contributed by atoms with Gasteiger partial charge in [-0.2, -0.15) is 0 Å². The second kappa shape index (κ2) is 8.89. The Balaban J connectivity index is 1.25. The standard InChI is InChI=1S/C28H25N3O3S/c32-23(30-28-29-21(16-35-28)17-7-3-1-4-8-17)15-22(18-9-5-2-6-10-18)31-26(33)24-19-11-12-20(14-13-19)25(24)27(31)34/h1-12,16,19-20,22,24-25H,13-15H2,(H,29,30,32). The third-order valence-corrected chi connectivity index (χ3v) is 8.25. The molecule has 2 heterocycles. The molecule has 0 spiro atoms. The number of rotatable bonds is 6. The lowest BCUT2D eigenvalue weighted by molar-refractivity contribution is -0.143. The summed E-state index contributed by atoms with van der Waals surface area (Å²) in [5.41, 5.74) is 2.56. The molecule has 2 aromatic carbocycles. The van der Waals surface area contributed by atoms with Gasteiger partial charge in [-0.05, 0) is 30.2 Å². The van der Waals surface area contributed by atoms with Crippen LogP contribution in [0.15, 0.2) is 78.2 Å². The quantitative estimate of drug-likeness (QED) is 0.392. The monoisotopic (exact) mass is 483 g/mol. The molecule has 7 heteroatoms. The molecular weight excluding hydrogens is 458 g/mol. The number of nitrogens with zero attached hydrogens (tertiary/aromatic N) is 2. The van der Waals surface area contributed by atoms with Crippen LogP contribution < -0.4 is 5.32 Å². The number of hydrogen-bond donors (Lipinski definition) is 1. The van der Waals surface area contributed by atoms with E-state index in [1.807, 2.05) is 66.0 Å². The highest BCUT2D eigenvalue weighted by Crippen LogP contribution is 2.51. The number of carbonyl (C=O) groups excluding carboxylic acids is 3. The van der Waals surface area contributed by atoms with Crippen LogP contribution in [0.25, 0.3) is 11.3 Å². The first-order valence-electron chi connectivity index (χ1n) is 12.0. The zero-order chi connectivity index (χ0) is 23.9. The van der Waals surface area contributed by atoms with Gasteiger partial charge in [-0.3, -0.25) is 19.3 Å². The van der Waals surface area contributed by atoms with Gasteiger partial charge < -0.3 is 5.32 Å². The number of hydrogen-bond acceptors (Lipinski definition) is 5. The minimum absolute atomic E-state index is 0.00997. The fraction of sp³-hybridized carbons (Fsp3) is 0.286. The Kier molecular flexibility index (Phi) is 5.57. The van der Waals surface area contributed by atoms with Crippen molar-refractivity contribution in [1.82, 2.24) is 9.88 Å². The van der Waals surface area contributed by atoms with Gasteiger partial charge in [0, 0.05) is 10.9 Å². The van der Waals surface area contributed by atoms with Gasteiger partial charge in [0.15, 0.2) is 5.13 Å². The molecule has 3 amide bonds. The zero-order valence-corrected chi connectivity index (χ0v) is 19.9. The Morgan fingerprint density at radius 2 is 1.54 bits per heavy atom. The van der Waals surface area contributed by atoms with E-state index in [9.17, 15) is 14.4 Å². The molecule has 176 valence electrons. The van der Waals surface area contributed by atoms with E-state index in [1.165, 1.54) is 16.2 Å². The van der Waals surface area contributed by atoms with Crippen LogP contribution in [0.3, 0.4) is 0 Å². The van der Waals surface area contributed by atoms with Gasteiger partial charge in [0.05, 0.1) is 30.0 Å². The van der Waals surface area contributed by atoms with E-state index in [4.69, 9.17) is 0 Å². The summed E-state index contributed by atoms with van der Waals surface area (Å²) < 4.78 is 0. The molecule has 6 nitrogen and oxygen atoms in total.